The lowest BCUT2D eigenvalue weighted by molar-refractivity contribution is 0.102. The van der Waals surface area contributed by atoms with Gasteiger partial charge >= 0.3 is 0 Å². The van der Waals surface area contributed by atoms with E-state index in [1.807, 2.05) is 0 Å². The van der Waals surface area contributed by atoms with Gasteiger partial charge in [-0.2, -0.15) is 0 Å². The molecule has 1 amide bonds. The maximum atomic E-state index is 12.2. The number of carbonyl (C=O) groups is 1. The van der Waals surface area contributed by atoms with Crippen molar-refractivity contribution in [2.45, 2.75) is 0 Å². The van der Waals surface area contributed by atoms with Gasteiger partial charge in [0.25, 0.3) is 5.91 Å². The molecule has 1 aromatic heterocycles. The van der Waals surface area contributed by atoms with Crippen molar-refractivity contribution >= 4 is 17.4 Å². The highest BCUT2D eigenvalue weighted by molar-refractivity contribution is 6.10. The highest BCUT2D eigenvalue weighted by Crippen LogP contribution is 2.28. The Morgan fingerprint density at radius 1 is 1.33 bits per heavy atom. The summed E-state index contributed by atoms with van der Waals surface area (Å²) in [4.78, 5) is 16.1. The van der Waals surface area contributed by atoms with E-state index in [0.717, 1.165) is 0 Å². The molecule has 7 nitrogen and oxygen atoms in total. The molecule has 0 saturated carbocycles. The first-order valence-corrected chi connectivity index (χ1v) is 6.04. The summed E-state index contributed by atoms with van der Waals surface area (Å²) in [5.41, 5.74) is 6.51. The number of aromatic nitrogens is 1. The monoisotopic (exact) mass is 286 g/mol. The molecular weight excluding hydrogens is 272 g/mol. The number of hydrogen-bond acceptors (Lipinski definition) is 5. The second-order valence-electron chi connectivity index (χ2n) is 4.04. The lowest BCUT2D eigenvalue weighted by atomic mass is 10.1. The third kappa shape index (κ3) is 3.08. The second kappa shape index (κ2) is 6.38. The number of nitrogens with one attached hydrogen (secondary N) is 1. The van der Waals surface area contributed by atoms with Crippen molar-refractivity contribution in [2.24, 2.45) is 10.9 Å². The third-order valence-electron chi connectivity index (χ3n) is 2.77. The van der Waals surface area contributed by atoms with Crippen LogP contribution in [0.4, 0.5) is 5.69 Å². The van der Waals surface area contributed by atoms with E-state index in [4.69, 9.17) is 15.7 Å². The van der Waals surface area contributed by atoms with Crippen molar-refractivity contribution in [3.05, 3.63) is 53.9 Å². The number of nitrogens with two attached hydrogens (primary N) is 1. The van der Waals surface area contributed by atoms with Gasteiger partial charge in [0.15, 0.2) is 5.84 Å². The van der Waals surface area contributed by atoms with Gasteiger partial charge in [-0.3, -0.25) is 9.78 Å². The maximum Gasteiger partial charge on any atom is 0.274 e. The van der Waals surface area contributed by atoms with Crippen molar-refractivity contribution in [3.8, 4) is 5.75 Å². The number of para-hydroxylation sites is 1. The molecule has 0 fully saturated rings. The van der Waals surface area contributed by atoms with Gasteiger partial charge in [0, 0.05) is 11.8 Å². The third-order valence-corrected chi connectivity index (χ3v) is 2.77. The molecule has 1 heterocycles. The minimum atomic E-state index is -0.424. The Labute approximate surface area is 121 Å². The predicted octanol–water partition coefficient (Wildman–Crippen LogP) is 1.44. The number of amidine groups is 1. The minimum absolute atomic E-state index is 0.134. The zero-order valence-corrected chi connectivity index (χ0v) is 11.3. The smallest absolute Gasteiger partial charge is 0.274 e. The van der Waals surface area contributed by atoms with Crippen LogP contribution < -0.4 is 15.8 Å². The molecule has 2 rings (SSSR count). The molecule has 0 unspecified atom stereocenters. The first-order valence-electron chi connectivity index (χ1n) is 6.04. The average molecular weight is 286 g/mol. The Balaban J connectivity index is 2.41. The molecule has 0 spiro atoms. The lowest BCUT2D eigenvalue weighted by Crippen LogP contribution is -2.20. The van der Waals surface area contributed by atoms with Crippen molar-refractivity contribution in [3.63, 3.8) is 0 Å². The van der Waals surface area contributed by atoms with Crippen LogP contribution in [0.5, 0.6) is 5.75 Å². The molecule has 0 saturated heterocycles. The zero-order chi connectivity index (χ0) is 15.2. The van der Waals surface area contributed by atoms with Crippen LogP contribution >= 0.6 is 0 Å². The molecule has 0 aliphatic rings. The first kappa shape index (κ1) is 14.3. The van der Waals surface area contributed by atoms with Crippen LogP contribution in [0.3, 0.4) is 0 Å². The molecule has 0 aliphatic heterocycles. The molecule has 21 heavy (non-hydrogen) atoms. The van der Waals surface area contributed by atoms with Gasteiger partial charge in [-0.1, -0.05) is 17.3 Å². The van der Waals surface area contributed by atoms with Crippen molar-refractivity contribution in [1.82, 2.24) is 4.98 Å². The number of nitrogens with zero attached hydrogens (tertiary/aromatic N) is 2. The SMILES string of the molecule is COc1cccc(/C(N)=N/O)c1NC(=O)c1ccccn1. The van der Waals surface area contributed by atoms with E-state index in [-0.39, 0.29) is 11.5 Å². The highest BCUT2D eigenvalue weighted by Gasteiger charge is 2.16. The Bertz CT molecular complexity index is 671. The van der Waals surface area contributed by atoms with Crippen LogP contribution in [-0.2, 0) is 0 Å². The summed E-state index contributed by atoms with van der Waals surface area (Å²) in [6.45, 7) is 0. The fraction of sp³-hybridized carbons (Fsp3) is 0.0714. The topological polar surface area (TPSA) is 110 Å². The molecule has 0 bridgehead atoms. The summed E-state index contributed by atoms with van der Waals surface area (Å²) < 4.78 is 5.19. The first-order chi connectivity index (χ1) is 10.2. The number of rotatable bonds is 4. The Hall–Kier alpha value is -3.09. The number of ether oxygens (including phenoxy) is 1. The minimum Gasteiger partial charge on any atom is -0.495 e. The number of amides is 1. The van der Waals surface area contributed by atoms with Gasteiger partial charge in [0.1, 0.15) is 11.4 Å². The number of methoxy groups -OCH3 is 1. The molecule has 2 aromatic rings. The number of pyridine rings is 1. The van der Waals surface area contributed by atoms with Crippen LogP contribution in [0.25, 0.3) is 0 Å². The molecule has 1 aromatic carbocycles. The molecular formula is C14H14N4O3. The average Bonchev–Trinajstić information content (AvgIpc) is 2.55. The Morgan fingerprint density at radius 3 is 2.76 bits per heavy atom. The summed E-state index contributed by atoms with van der Waals surface area (Å²) >= 11 is 0. The van der Waals surface area contributed by atoms with Crippen LogP contribution in [0.1, 0.15) is 16.1 Å². The molecule has 0 aliphatic carbocycles. The van der Waals surface area contributed by atoms with Gasteiger partial charge in [-0.25, -0.2) is 0 Å². The summed E-state index contributed by atoms with van der Waals surface area (Å²) in [6, 6.07) is 9.92. The Morgan fingerprint density at radius 2 is 2.14 bits per heavy atom. The predicted molar refractivity (Wildman–Crippen MR) is 77.7 cm³/mol. The number of carbonyl (C=O) groups excluding carboxylic acids is 1. The molecule has 0 atom stereocenters. The fourth-order valence-electron chi connectivity index (χ4n) is 1.77. The number of anilines is 1. The van der Waals surface area contributed by atoms with E-state index in [0.29, 0.717) is 17.0 Å². The number of hydrogen-bond donors (Lipinski definition) is 3. The summed E-state index contributed by atoms with van der Waals surface area (Å²) in [7, 11) is 1.46. The van der Waals surface area contributed by atoms with Crippen LogP contribution in [0.2, 0.25) is 0 Å². The van der Waals surface area contributed by atoms with Crippen molar-refractivity contribution < 1.29 is 14.7 Å². The van der Waals surface area contributed by atoms with Crippen molar-refractivity contribution in [2.75, 3.05) is 12.4 Å². The number of oxime groups is 1. The Kier molecular flexibility index (Phi) is 4.35. The molecule has 0 radical (unpaired) electrons. The van der Waals surface area contributed by atoms with E-state index in [1.54, 1.807) is 36.4 Å². The van der Waals surface area contributed by atoms with Gasteiger partial charge in [0.05, 0.1) is 12.8 Å². The van der Waals surface area contributed by atoms with Crippen LogP contribution in [0, 0.1) is 0 Å². The van der Waals surface area contributed by atoms with Crippen LogP contribution in [0.15, 0.2) is 47.8 Å². The van der Waals surface area contributed by atoms with Crippen LogP contribution in [-0.4, -0.2) is 29.0 Å². The van der Waals surface area contributed by atoms with Gasteiger partial charge < -0.3 is 21.0 Å². The van der Waals surface area contributed by atoms with E-state index in [9.17, 15) is 4.79 Å². The fourth-order valence-corrected chi connectivity index (χ4v) is 1.77. The highest BCUT2D eigenvalue weighted by atomic mass is 16.5. The quantitative estimate of drug-likeness (QED) is 0.341. The largest absolute Gasteiger partial charge is 0.495 e. The summed E-state index contributed by atoms with van der Waals surface area (Å²) in [5, 5.41) is 14.4. The maximum absolute atomic E-state index is 12.2. The van der Waals surface area contributed by atoms with Gasteiger partial charge in [-0.05, 0) is 24.3 Å². The van der Waals surface area contributed by atoms with E-state index < -0.39 is 5.91 Å². The van der Waals surface area contributed by atoms with Crippen molar-refractivity contribution in [1.29, 1.82) is 0 Å². The summed E-state index contributed by atoms with van der Waals surface area (Å²) in [5.74, 6) is -0.166. The molecule has 7 heteroatoms. The molecule has 108 valence electrons. The lowest BCUT2D eigenvalue weighted by Gasteiger charge is -2.13. The second-order valence-corrected chi connectivity index (χ2v) is 4.04. The van der Waals surface area contributed by atoms with E-state index >= 15 is 0 Å². The zero-order valence-electron chi connectivity index (χ0n) is 11.3. The molecule has 4 N–H and O–H groups in total. The van der Waals surface area contributed by atoms with E-state index in [2.05, 4.69) is 15.5 Å². The normalized spacial score (nSPS) is 11.0. The summed E-state index contributed by atoms with van der Waals surface area (Å²) in [6.07, 6.45) is 1.52. The van der Waals surface area contributed by atoms with Gasteiger partial charge in [-0.15, -0.1) is 0 Å². The standard InChI is InChI=1S/C14H14N4O3/c1-21-11-7-4-5-9(13(15)18-20)12(11)17-14(19)10-6-2-3-8-16-10/h2-8,20H,1H3,(H2,15,18)(H,17,19). The van der Waals surface area contributed by atoms with E-state index in [1.165, 1.54) is 13.3 Å². The number of benzene rings is 1. The van der Waals surface area contributed by atoms with Gasteiger partial charge in [0.2, 0.25) is 0 Å².